The summed E-state index contributed by atoms with van der Waals surface area (Å²) >= 11 is 0. The number of hydrogen-bond acceptors (Lipinski definition) is 6. The lowest BCUT2D eigenvalue weighted by atomic mass is 9.49. The fourth-order valence-electron chi connectivity index (χ4n) is 7.51. The van der Waals surface area contributed by atoms with E-state index in [9.17, 15) is 9.59 Å². The Morgan fingerprint density at radius 3 is 2.38 bits per heavy atom. The number of hydrogen-bond donors (Lipinski definition) is 0. The molecular formula is C29H36N2O6. The summed E-state index contributed by atoms with van der Waals surface area (Å²) in [6.07, 6.45) is 8.36. The third kappa shape index (κ3) is 4.96. The van der Waals surface area contributed by atoms with Crippen LogP contribution in [0.5, 0.6) is 11.5 Å². The monoisotopic (exact) mass is 508 g/mol. The van der Waals surface area contributed by atoms with Gasteiger partial charge >= 0.3 is 0 Å². The summed E-state index contributed by atoms with van der Waals surface area (Å²) in [6.45, 7) is 1.76. The van der Waals surface area contributed by atoms with E-state index < -0.39 is 0 Å². The Balaban J connectivity index is 1.21. The number of rotatable bonds is 10. The number of methoxy groups -OCH3 is 1. The third-order valence-corrected chi connectivity index (χ3v) is 8.76. The molecule has 4 saturated carbocycles. The Hall–Kier alpha value is -3.00. The van der Waals surface area contributed by atoms with Crippen LogP contribution in [0.4, 0.5) is 0 Å². The molecule has 37 heavy (non-hydrogen) atoms. The number of benzene rings is 1. The molecule has 4 aliphatic carbocycles. The van der Waals surface area contributed by atoms with E-state index in [0.717, 1.165) is 24.8 Å². The van der Waals surface area contributed by atoms with Crippen molar-refractivity contribution >= 4 is 11.8 Å². The van der Waals surface area contributed by atoms with Gasteiger partial charge in [-0.2, -0.15) is 0 Å². The van der Waals surface area contributed by atoms with E-state index >= 15 is 0 Å². The average Bonchev–Trinajstić information content (AvgIpc) is 3.56. The standard InChI is InChI=1S/C29H36N2O6/c1-34-8-6-30(28(33)29-13-21-9-22(14-29)11-23(10-21)15-29)18-27(32)31(17-24-3-2-7-35-24)16-20-4-5-25-26(12-20)37-19-36-25/h2-5,7,12,21-23H,6,8-11,13-19H2,1H3. The van der Waals surface area contributed by atoms with Crippen molar-refractivity contribution in [3.63, 3.8) is 0 Å². The minimum Gasteiger partial charge on any atom is -0.467 e. The molecule has 4 bridgehead atoms. The van der Waals surface area contributed by atoms with E-state index in [4.69, 9.17) is 18.6 Å². The molecule has 0 spiro atoms. The highest BCUT2D eigenvalue weighted by Gasteiger charge is 2.55. The van der Waals surface area contributed by atoms with Crippen molar-refractivity contribution in [2.75, 3.05) is 33.6 Å². The zero-order valence-electron chi connectivity index (χ0n) is 21.5. The quantitative estimate of drug-likeness (QED) is 0.478. The van der Waals surface area contributed by atoms with Crippen LogP contribution in [0.15, 0.2) is 41.0 Å². The maximum Gasteiger partial charge on any atom is 0.242 e. The SMILES string of the molecule is COCCN(CC(=O)N(Cc1ccc2c(c1)OCO2)Cc1ccco1)C(=O)C12CC3CC(CC(C3)C1)C2. The second kappa shape index (κ2) is 10.0. The van der Waals surface area contributed by atoms with Crippen LogP contribution < -0.4 is 9.47 Å². The highest BCUT2D eigenvalue weighted by Crippen LogP contribution is 2.60. The first-order valence-corrected chi connectivity index (χ1v) is 13.5. The third-order valence-electron chi connectivity index (χ3n) is 8.76. The highest BCUT2D eigenvalue weighted by molar-refractivity contribution is 5.88. The number of ether oxygens (including phenoxy) is 3. The molecule has 2 heterocycles. The van der Waals surface area contributed by atoms with Gasteiger partial charge in [0.25, 0.3) is 0 Å². The maximum absolute atomic E-state index is 14.1. The second-order valence-corrected chi connectivity index (χ2v) is 11.4. The van der Waals surface area contributed by atoms with Crippen LogP contribution >= 0.6 is 0 Å². The molecule has 8 nitrogen and oxygen atoms in total. The Bertz CT molecular complexity index is 1090. The normalized spacial score (nSPS) is 26.9. The van der Waals surface area contributed by atoms with E-state index in [2.05, 4.69) is 0 Å². The van der Waals surface area contributed by atoms with Crippen LogP contribution in [0.3, 0.4) is 0 Å². The zero-order chi connectivity index (χ0) is 25.4. The minimum atomic E-state index is -0.300. The molecule has 0 atom stereocenters. The second-order valence-electron chi connectivity index (χ2n) is 11.4. The first kappa shape index (κ1) is 24.3. The van der Waals surface area contributed by atoms with E-state index in [1.807, 2.05) is 30.3 Å². The van der Waals surface area contributed by atoms with Crippen molar-refractivity contribution in [2.45, 2.75) is 51.6 Å². The van der Waals surface area contributed by atoms with Crippen LogP contribution in [0.2, 0.25) is 0 Å². The van der Waals surface area contributed by atoms with Gasteiger partial charge in [-0.15, -0.1) is 0 Å². The van der Waals surface area contributed by atoms with Crippen LogP contribution in [0.1, 0.15) is 49.8 Å². The number of nitrogens with zero attached hydrogens (tertiary/aromatic N) is 2. The molecule has 0 N–H and O–H groups in total. The average molecular weight is 509 g/mol. The van der Waals surface area contributed by atoms with Crippen LogP contribution in [0, 0.1) is 23.2 Å². The Morgan fingerprint density at radius 1 is 0.973 bits per heavy atom. The Kier molecular flexibility index (Phi) is 6.61. The van der Waals surface area contributed by atoms with Gasteiger partial charge in [0.05, 0.1) is 31.4 Å². The van der Waals surface area contributed by atoms with Crippen molar-refractivity contribution in [3.8, 4) is 11.5 Å². The van der Waals surface area contributed by atoms with Gasteiger partial charge in [0.15, 0.2) is 11.5 Å². The summed E-state index contributed by atoms with van der Waals surface area (Å²) in [6, 6.07) is 9.41. The van der Waals surface area contributed by atoms with Gasteiger partial charge in [-0.25, -0.2) is 0 Å². The molecule has 5 aliphatic rings. The van der Waals surface area contributed by atoms with Crippen molar-refractivity contribution in [3.05, 3.63) is 47.9 Å². The van der Waals surface area contributed by atoms with E-state index in [1.54, 1.807) is 23.2 Å². The fourth-order valence-corrected chi connectivity index (χ4v) is 7.51. The van der Waals surface area contributed by atoms with Crippen molar-refractivity contribution in [1.29, 1.82) is 0 Å². The highest BCUT2D eigenvalue weighted by atomic mass is 16.7. The maximum atomic E-state index is 14.1. The van der Waals surface area contributed by atoms with Crippen molar-refractivity contribution < 1.29 is 28.2 Å². The number of carbonyl (C=O) groups excluding carboxylic acids is 2. The van der Waals surface area contributed by atoms with Gasteiger partial charge in [0.1, 0.15) is 5.76 Å². The summed E-state index contributed by atoms with van der Waals surface area (Å²) < 4.78 is 21.9. The molecule has 198 valence electrons. The number of amides is 2. The molecule has 1 aromatic heterocycles. The summed E-state index contributed by atoms with van der Waals surface area (Å²) in [5, 5.41) is 0. The largest absolute Gasteiger partial charge is 0.467 e. The lowest BCUT2D eigenvalue weighted by molar-refractivity contribution is -0.161. The lowest BCUT2D eigenvalue weighted by Crippen LogP contribution is -2.56. The van der Waals surface area contributed by atoms with Gasteiger partial charge in [-0.3, -0.25) is 9.59 Å². The van der Waals surface area contributed by atoms with E-state index in [1.165, 1.54) is 19.3 Å². The number of fused-ring (bicyclic) bond motifs is 1. The first-order valence-electron chi connectivity index (χ1n) is 13.5. The van der Waals surface area contributed by atoms with Crippen LogP contribution in [-0.4, -0.2) is 55.2 Å². The van der Waals surface area contributed by atoms with Gasteiger partial charge in [0.2, 0.25) is 18.6 Å². The Labute approximate surface area is 217 Å². The van der Waals surface area contributed by atoms with Crippen LogP contribution in [-0.2, 0) is 27.4 Å². The molecule has 1 aromatic carbocycles. The van der Waals surface area contributed by atoms with Crippen LogP contribution in [0.25, 0.3) is 0 Å². The predicted molar refractivity (Wildman–Crippen MR) is 135 cm³/mol. The number of furan rings is 1. The smallest absolute Gasteiger partial charge is 0.242 e. The molecule has 7 rings (SSSR count). The fraction of sp³-hybridized carbons (Fsp3) is 0.586. The van der Waals surface area contributed by atoms with Gasteiger partial charge < -0.3 is 28.4 Å². The Morgan fingerprint density at radius 2 is 1.70 bits per heavy atom. The molecule has 0 unspecified atom stereocenters. The van der Waals surface area contributed by atoms with Gasteiger partial charge in [-0.05, 0) is 86.1 Å². The molecule has 0 saturated heterocycles. The van der Waals surface area contributed by atoms with E-state index in [0.29, 0.717) is 61.3 Å². The van der Waals surface area contributed by atoms with Crippen molar-refractivity contribution in [2.24, 2.45) is 23.2 Å². The molecular weight excluding hydrogens is 472 g/mol. The minimum absolute atomic E-state index is 0.0369. The summed E-state index contributed by atoms with van der Waals surface area (Å²) in [5.74, 6) is 4.12. The summed E-state index contributed by atoms with van der Waals surface area (Å²) in [7, 11) is 1.64. The molecule has 2 amide bonds. The zero-order valence-corrected chi connectivity index (χ0v) is 21.5. The van der Waals surface area contributed by atoms with Gasteiger partial charge in [0, 0.05) is 20.2 Å². The molecule has 1 aliphatic heterocycles. The van der Waals surface area contributed by atoms with Crippen molar-refractivity contribution in [1.82, 2.24) is 9.80 Å². The summed E-state index contributed by atoms with van der Waals surface area (Å²) in [4.78, 5) is 31.4. The van der Waals surface area contributed by atoms with E-state index in [-0.39, 0.29) is 30.6 Å². The molecule has 2 aromatic rings. The predicted octanol–water partition coefficient (Wildman–Crippen LogP) is 4.23. The first-order chi connectivity index (χ1) is 18.0. The molecule has 0 radical (unpaired) electrons. The molecule has 8 heteroatoms. The lowest BCUT2D eigenvalue weighted by Gasteiger charge is -2.56. The topological polar surface area (TPSA) is 81.5 Å². The van der Waals surface area contributed by atoms with Gasteiger partial charge in [-0.1, -0.05) is 6.07 Å². The summed E-state index contributed by atoms with van der Waals surface area (Å²) in [5.41, 5.74) is 0.631. The number of carbonyl (C=O) groups is 2. The molecule has 4 fully saturated rings.